The van der Waals surface area contributed by atoms with Crippen LogP contribution in [0.5, 0.6) is 0 Å². The summed E-state index contributed by atoms with van der Waals surface area (Å²) < 4.78 is 2.36. The summed E-state index contributed by atoms with van der Waals surface area (Å²) in [6, 6.07) is 65.5. The largest absolute Gasteiger partial charge is 0.355 e. The minimum absolute atomic E-state index is 0.678. The quantitative estimate of drug-likeness (QED) is 0.188. The number of para-hydroxylation sites is 2. The van der Waals surface area contributed by atoms with E-state index >= 15 is 0 Å². The molecule has 0 amide bonds. The molecule has 50 heavy (non-hydrogen) atoms. The van der Waals surface area contributed by atoms with E-state index in [0.717, 1.165) is 61.8 Å². The van der Waals surface area contributed by atoms with Crippen LogP contribution in [0.25, 0.3) is 72.5 Å². The van der Waals surface area contributed by atoms with Crippen LogP contribution in [0.3, 0.4) is 0 Å². The summed E-state index contributed by atoms with van der Waals surface area (Å²) in [7, 11) is 0. The molecular weight excluding hydrogens is 609 g/mol. The van der Waals surface area contributed by atoms with Gasteiger partial charge in [-0.2, -0.15) is 0 Å². The van der Waals surface area contributed by atoms with Gasteiger partial charge in [-0.15, -0.1) is 0 Å². The van der Waals surface area contributed by atoms with E-state index in [0.29, 0.717) is 5.82 Å². The van der Waals surface area contributed by atoms with Crippen molar-refractivity contribution in [2.45, 2.75) is 0 Å². The second kappa shape index (κ2) is 12.7. The summed E-state index contributed by atoms with van der Waals surface area (Å²) in [6.45, 7) is 0. The average Bonchev–Trinajstić information content (AvgIpc) is 3.52. The molecule has 0 saturated carbocycles. The Morgan fingerprint density at radius 1 is 0.400 bits per heavy atom. The van der Waals surface area contributed by atoms with Crippen LogP contribution in [0.1, 0.15) is 0 Å². The number of rotatable bonds is 7. The fraction of sp³-hybridized carbons (Fsp3) is 0. The van der Waals surface area contributed by atoms with Crippen molar-refractivity contribution in [3.05, 3.63) is 188 Å². The minimum atomic E-state index is 0.678. The molecule has 9 rings (SSSR count). The van der Waals surface area contributed by atoms with Crippen molar-refractivity contribution in [2.24, 2.45) is 0 Å². The Bertz CT molecular complexity index is 2540. The van der Waals surface area contributed by atoms with Gasteiger partial charge in [0.25, 0.3) is 0 Å². The monoisotopic (exact) mass is 640 g/mol. The van der Waals surface area contributed by atoms with E-state index in [4.69, 9.17) is 9.97 Å². The fourth-order valence-electron chi connectivity index (χ4n) is 6.81. The van der Waals surface area contributed by atoms with Gasteiger partial charge in [-0.1, -0.05) is 140 Å². The van der Waals surface area contributed by atoms with Crippen LogP contribution >= 0.6 is 0 Å². The standard InChI is InChI=1S/C46H32N4/c1-5-16-32(17-6-1)39-29-40-38-26-13-14-27-44(38)50(37-24-11-4-12-25-37)45(40)31-43(39)47-36-23-15-22-35(28-36)46-48-41(33-18-7-2-8-19-33)30-42(49-46)34-20-9-3-10-21-34/h1-31,47H. The van der Waals surface area contributed by atoms with E-state index in [9.17, 15) is 0 Å². The number of hydrogen-bond donors (Lipinski definition) is 1. The zero-order valence-corrected chi connectivity index (χ0v) is 27.2. The predicted octanol–water partition coefficient (Wildman–Crippen LogP) is 12.0. The lowest BCUT2D eigenvalue weighted by molar-refractivity contribution is 1.18. The van der Waals surface area contributed by atoms with Crippen LogP contribution in [0.4, 0.5) is 11.4 Å². The Morgan fingerprint density at radius 2 is 0.960 bits per heavy atom. The van der Waals surface area contributed by atoms with E-state index in [1.54, 1.807) is 0 Å². The Hall–Kier alpha value is -6.78. The van der Waals surface area contributed by atoms with E-state index in [-0.39, 0.29) is 0 Å². The molecule has 2 heterocycles. The lowest BCUT2D eigenvalue weighted by atomic mass is 10.00. The van der Waals surface area contributed by atoms with Gasteiger partial charge in [-0.3, -0.25) is 0 Å². The van der Waals surface area contributed by atoms with Crippen LogP contribution < -0.4 is 5.32 Å². The molecule has 4 nitrogen and oxygen atoms in total. The summed E-state index contributed by atoms with van der Waals surface area (Å²) in [5, 5.41) is 6.25. The molecule has 1 N–H and O–H groups in total. The number of fused-ring (bicyclic) bond motifs is 3. The summed E-state index contributed by atoms with van der Waals surface area (Å²) in [5.41, 5.74) is 12.5. The summed E-state index contributed by atoms with van der Waals surface area (Å²) >= 11 is 0. The normalized spacial score (nSPS) is 11.2. The van der Waals surface area contributed by atoms with Gasteiger partial charge in [-0.25, -0.2) is 9.97 Å². The van der Waals surface area contributed by atoms with Crippen molar-refractivity contribution in [2.75, 3.05) is 5.32 Å². The van der Waals surface area contributed by atoms with Crippen molar-refractivity contribution in [1.82, 2.24) is 14.5 Å². The highest BCUT2D eigenvalue weighted by molar-refractivity contribution is 6.12. The van der Waals surface area contributed by atoms with Crippen LogP contribution in [0.15, 0.2) is 188 Å². The molecule has 7 aromatic carbocycles. The lowest BCUT2D eigenvalue weighted by Crippen LogP contribution is -1.98. The van der Waals surface area contributed by atoms with Gasteiger partial charge >= 0.3 is 0 Å². The van der Waals surface area contributed by atoms with Crippen molar-refractivity contribution in [1.29, 1.82) is 0 Å². The zero-order valence-electron chi connectivity index (χ0n) is 27.2. The van der Waals surface area contributed by atoms with Crippen LogP contribution in [-0.2, 0) is 0 Å². The van der Waals surface area contributed by atoms with Crippen molar-refractivity contribution in [3.63, 3.8) is 0 Å². The maximum atomic E-state index is 5.08. The Kier molecular flexibility index (Phi) is 7.45. The molecule has 0 saturated heterocycles. The van der Waals surface area contributed by atoms with E-state index < -0.39 is 0 Å². The third-order valence-electron chi connectivity index (χ3n) is 9.18. The van der Waals surface area contributed by atoms with Gasteiger partial charge in [0, 0.05) is 50.1 Å². The molecule has 0 aliphatic heterocycles. The molecule has 0 unspecified atom stereocenters. The number of nitrogens with zero attached hydrogens (tertiary/aromatic N) is 3. The number of aromatic nitrogens is 3. The molecule has 0 spiro atoms. The Balaban J connectivity index is 1.20. The lowest BCUT2D eigenvalue weighted by Gasteiger charge is -2.16. The number of benzene rings is 7. The molecule has 0 fully saturated rings. The van der Waals surface area contributed by atoms with Gasteiger partial charge in [-0.05, 0) is 54.1 Å². The highest BCUT2D eigenvalue weighted by Crippen LogP contribution is 2.40. The SMILES string of the molecule is c1ccc(-c2cc(-c3ccccc3)nc(-c3cccc(Nc4cc5c(cc4-c4ccccc4)c4ccccc4n5-c4ccccc4)c3)n2)cc1. The van der Waals surface area contributed by atoms with Gasteiger partial charge in [0.05, 0.1) is 22.4 Å². The zero-order chi connectivity index (χ0) is 33.3. The maximum absolute atomic E-state index is 5.08. The van der Waals surface area contributed by atoms with Gasteiger partial charge in [0.15, 0.2) is 5.82 Å². The molecule has 0 aliphatic rings. The molecule has 0 radical (unpaired) electrons. The summed E-state index contributed by atoms with van der Waals surface area (Å²) in [5.74, 6) is 0.678. The van der Waals surface area contributed by atoms with Crippen molar-refractivity contribution in [3.8, 4) is 50.7 Å². The predicted molar refractivity (Wildman–Crippen MR) is 208 cm³/mol. The van der Waals surface area contributed by atoms with E-state index in [1.165, 1.54) is 16.3 Å². The van der Waals surface area contributed by atoms with Gasteiger partial charge in [0.2, 0.25) is 0 Å². The number of nitrogens with one attached hydrogen (secondary N) is 1. The van der Waals surface area contributed by atoms with Crippen molar-refractivity contribution < 1.29 is 0 Å². The van der Waals surface area contributed by atoms with E-state index in [1.807, 2.05) is 36.4 Å². The highest BCUT2D eigenvalue weighted by Gasteiger charge is 2.17. The molecule has 0 aliphatic carbocycles. The van der Waals surface area contributed by atoms with Crippen molar-refractivity contribution >= 4 is 33.2 Å². The smallest absolute Gasteiger partial charge is 0.160 e. The summed E-state index contributed by atoms with van der Waals surface area (Å²) in [4.78, 5) is 10.2. The second-order valence-electron chi connectivity index (χ2n) is 12.4. The van der Waals surface area contributed by atoms with Crippen LogP contribution in [0, 0.1) is 0 Å². The topological polar surface area (TPSA) is 42.7 Å². The molecule has 4 heteroatoms. The minimum Gasteiger partial charge on any atom is -0.355 e. The first-order chi connectivity index (χ1) is 24.8. The van der Waals surface area contributed by atoms with E-state index in [2.05, 4.69) is 162 Å². The maximum Gasteiger partial charge on any atom is 0.160 e. The average molecular weight is 641 g/mol. The van der Waals surface area contributed by atoms with Crippen LogP contribution in [0.2, 0.25) is 0 Å². The van der Waals surface area contributed by atoms with Gasteiger partial charge in [0.1, 0.15) is 0 Å². The molecule has 236 valence electrons. The molecule has 2 aromatic heterocycles. The summed E-state index contributed by atoms with van der Waals surface area (Å²) in [6.07, 6.45) is 0. The third-order valence-corrected chi connectivity index (χ3v) is 9.18. The molecule has 0 bridgehead atoms. The molecule has 9 aromatic rings. The first-order valence-electron chi connectivity index (χ1n) is 16.8. The first-order valence-corrected chi connectivity index (χ1v) is 16.8. The Labute approximate surface area is 291 Å². The second-order valence-corrected chi connectivity index (χ2v) is 12.4. The third kappa shape index (κ3) is 5.49. The highest BCUT2D eigenvalue weighted by atomic mass is 15.0. The van der Waals surface area contributed by atoms with Gasteiger partial charge < -0.3 is 9.88 Å². The van der Waals surface area contributed by atoms with Crippen LogP contribution in [-0.4, -0.2) is 14.5 Å². The molecular formula is C46H32N4. The number of hydrogen-bond acceptors (Lipinski definition) is 3. The first kappa shape index (κ1) is 29.4. The number of anilines is 2. The fourth-order valence-corrected chi connectivity index (χ4v) is 6.81. The Morgan fingerprint density at radius 3 is 1.62 bits per heavy atom. The molecule has 0 atom stereocenters.